The lowest BCUT2D eigenvalue weighted by Gasteiger charge is -2.02. The second-order valence-corrected chi connectivity index (χ2v) is 4.86. The molecule has 2 aromatic heterocycles. The third kappa shape index (κ3) is 2.20. The minimum absolute atomic E-state index is 0.106. The second kappa shape index (κ2) is 4.75. The van der Waals surface area contributed by atoms with E-state index in [0.29, 0.717) is 21.8 Å². The molecule has 0 atom stereocenters. The van der Waals surface area contributed by atoms with E-state index in [-0.39, 0.29) is 5.69 Å². The standard InChI is InChI=1S/C13H8BrF2N3O/c14-12-4-3-11(20-12)13-9(17)6-19(18-13)10-2-1-7(15)5-8(10)16/h1-6H,17H2. The van der Waals surface area contributed by atoms with Crippen molar-refractivity contribution in [1.29, 1.82) is 0 Å². The van der Waals surface area contributed by atoms with Gasteiger partial charge in [0.1, 0.15) is 11.5 Å². The number of nitrogen functional groups attached to an aromatic ring is 1. The van der Waals surface area contributed by atoms with Gasteiger partial charge in [0.25, 0.3) is 0 Å². The van der Waals surface area contributed by atoms with Crippen LogP contribution in [0.2, 0.25) is 0 Å². The van der Waals surface area contributed by atoms with E-state index in [4.69, 9.17) is 10.2 Å². The molecule has 3 aromatic rings. The first kappa shape index (κ1) is 12.9. The maximum atomic E-state index is 13.7. The minimum Gasteiger partial charge on any atom is -0.448 e. The molecular formula is C13H8BrF2N3O. The van der Waals surface area contributed by atoms with Crippen LogP contribution in [0.5, 0.6) is 0 Å². The Morgan fingerprint density at radius 2 is 2.00 bits per heavy atom. The zero-order valence-electron chi connectivity index (χ0n) is 9.98. The molecule has 7 heteroatoms. The lowest BCUT2D eigenvalue weighted by atomic mass is 10.3. The highest BCUT2D eigenvalue weighted by Gasteiger charge is 2.15. The molecule has 0 radical (unpaired) electrons. The third-order valence-electron chi connectivity index (χ3n) is 2.71. The van der Waals surface area contributed by atoms with Crippen LogP contribution in [0.4, 0.5) is 14.5 Å². The first-order valence-corrected chi connectivity index (χ1v) is 6.40. The molecule has 3 rings (SSSR count). The number of furan rings is 1. The van der Waals surface area contributed by atoms with Crippen molar-refractivity contribution in [2.75, 3.05) is 5.73 Å². The predicted octanol–water partition coefficient (Wildman–Crippen LogP) is 3.76. The predicted molar refractivity (Wildman–Crippen MR) is 73.3 cm³/mol. The molecule has 0 aliphatic carbocycles. The summed E-state index contributed by atoms with van der Waals surface area (Å²) in [5, 5.41) is 4.17. The van der Waals surface area contributed by atoms with Crippen molar-refractivity contribution >= 4 is 21.6 Å². The summed E-state index contributed by atoms with van der Waals surface area (Å²) >= 11 is 3.18. The topological polar surface area (TPSA) is 57.0 Å². The Balaban J connectivity index is 2.08. The zero-order valence-corrected chi connectivity index (χ0v) is 11.6. The smallest absolute Gasteiger partial charge is 0.169 e. The molecule has 2 N–H and O–H groups in total. The average Bonchev–Trinajstić information content (AvgIpc) is 2.95. The van der Waals surface area contributed by atoms with Crippen molar-refractivity contribution in [1.82, 2.24) is 9.78 Å². The largest absolute Gasteiger partial charge is 0.448 e. The maximum absolute atomic E-state index is 13.7. The Morgan fingerprint density at radius 1 is 1.20 bits per heavy atom. The van der Waals surface area contributed by atoms with Gasteiger partial charge in [-0.05, 0) is 40.2 Å². The number of hydrogen-bond donors (Lipinski definition) is 1. The van der Waals surface area contributed by atoms with E-state index in [1.807, 2.05) is 0 Å². The quantitative estimate of drug-likeness (QED) is 0.773. The van der Waals surface area contributed by atoms with Crippen molar-refractivity contribution in [3.05, 3.63) is 52.8 Å². The molecule has 0 fully saturated rings. The van der Waals surface area contributed by atoms with Crippen molar-refractivity contribution in [3.63, 3.8) is 0 Å². The highest BCUT2D eigenvalue weighted by molar-refractivity contribution is 9.10. The maximum Gasteiger partial charge on any atom is 0.169 e. The lowest BCUT2D eigenvalue weighted by molar-refractivity contribution is 0.552. The lowest BCUT2D eigenvalue weighted by Crippen LogP contribution is -1.99. The van der Waals surface area contributed by atoms with E-state index < -0.39 is 11.6 Å². The number of rotatable bonds is 2. The molecule has 0 amide bonds. The van der Waals surface area contributed by atoms with Crippen LogP contribution in [-0.2, 0) is 0 Å². The molecular weight excluding hydrogens is 332 g/mol. The van der Waals surface area contributed by atoms with Crippen molar-refractivity contribution in [2.24, 2.45) is 0 Å². The number of nitrogens with zero attached hydrogens (tertiary/aromatic N) is 2. The van der Waals surface area contributed by atoms with Crippen LogP contribution in [0.1, 0.15) is 0 Å². The van der Waals surface area contributed by atoms with Crippen LogP contribution in [0.3, 0.4) is 0 Å². The van der Waals surface area contributed by atoms with Crippen molar-refractivity contribution in [3.8, 4) is 17.1 Å². The molecule has 4 nitrogen and oxygen atoms in total. The molecule has 0 saturated heterocycles. The van der Waals surface area contributed by atoms with Gasteiger partial charge < -0.3 is 10.2 Å². The van der Waals surface area contributed by atoms with Crippen molar-refractivity contribution in [2.45, 2.75) is 0 Å². The van der Waals surface area contributed by atoms with Gasteiger partial charge in [0.15, 0.2) is 21.9 Å². The highest BCUT2D eigenvalue weighted by Crippen LogP contribution is 2.29. The highest BCUT2D eigenvalue weighted by atomic mass is 79.9. The molecule has 0 bridgehead atoms. The fraction of sp³-hybridized carbons (Fsp3) is 0. The number of hydrogen-bond acceptors (Lipinski definition) is 3. The van der Waals surface area contributed by atoms with Crippen LogP contribution in [0.15, 0.2) is 45.6 Å². The Bertz CT molecular complexity index is 782. The molecule has 102 valence electrons. The Morgan fingerprint density at radius 3 is 2.65 bits per heavy atom. The van der Waals surface area contributed by atoms with Crippen molar-refractivity contribution < 1.29 is 13.2 Å². The molecule has 2 heterocycles. The van der Waals surface area contributed by atoms with Crippen LogP contribution < -0.4 is 5.73 Å². The Kier molecular flexibility index (Phi) is 3.06. The second-order valence-electron chi connectivity index (χ2n) is 4.08. The minimum atomic E-state index is -0.723. The van der Waals surface area contributed by atoms with Gasteiger partial charge in [-0.1, -0.05) is 0 Å². The average molecular weight is 340 g/mol. The normalized spacial score (nSPS) is 10.9. The Labute approximate surface area is 120 Å². The summed E-state index contributed by atoms with van der Waals surface area (Å²) in [5.74, 6) is -0.920. The van der Waals surface area contributed by atoms with E-state index in [1.54, 1.807) is 12.1 Å². The molecule has 1 aromatic carbocycles. The number of aromatic nitrogens is 2. The monoisotopic (exact) mass is 339 g/mol. The van der Waals surface area contributed by atoms with Gasteiger partial charge >= 0.3 is 0 Å². The molecule has 20 heavy (non-hydrogen) atoms. The molecule has 0 unspecified atom stereocenters. The zero-order chi connectivity index (χ0) is 14.3. The van der Waals surface area contributed by atoms with Gasteiger partial charge in [-0.15, -0.1) is 0 Å². The number of nitrogens with two attached hydrogens (primary N) is 1. The SMILES string of the molecule is Nc1cn(-c2ccc(F)cc2F)nc1-c1ccc(Br)o1. The van der Waals surface area contributed by atoms with Gasteiger partial charge in [0.05, 0.1) is 11.9 Å². The summed E-state index contributed by atoms with van der Waals surface area (Å²) in [6, 6.07) is 6.62. The molecule has 0 aliphatic rings. The van der Waals surface area contributed by atoms with E-state index >= 15 is 0 Å². The summed E-state index contributed by atoms with van der Waals surface area (Å²) in [7, 11) is 0. The third-order valence-corrected chi connectivity index (χ3v) is 3.13. The van der Waals surface area contributed by atoms with Gasteiger partial charge in [-0.2, -0.15) is 5.10 Å². The number of anilines is 1. The van der Waals surface area contributed by atoms with E-state index in [1.165, 1.54) is 16.9 Å². The summed E-state index contributed by atoms with van der Waals surface area (Å²) in [6.07, 6.45) is 1.45. The summed E-state index contributed by atoms with van der Waals surface area (Å²) in [4.78, 5) is 0. The summed E-state index contributed by atoms with van der Waals surface area (Å²) < 4.78 is 33.8. The first-order chi connectivity index (χ1) is 9.54. The van der Waals surface area contributed by atoms with E-state index in [0.717, 1.165) is 12.1 Å². The van der Waals surface area contributed by atoms with E-state index in [9.17, 15) is 8.78 Å². The first-order valence-electron chi connectivity index (χ1n) is 5.61. The molecule has 0 aliphatic heterocycles. The Hall–Kier alpha value is -2.15. The number of benzene rings is 1. The number of halogens is 3. The molecule has 0 saturated carbocycles. The van der Waals surface area contributed by atoms with E-state index in [2.05, 4.69) is 21.0 Å². The van der Waals surface area contributed by atoms with Gasteiger partial charge in [-0.25, -0.2) is 13.5 Å². The van der Waals surface area contributed by atoms with Gasteiger partial charge in [0, 0.05) is 6.07 Å². The molecule has 0 spiro atoms. The summed E-state index contributed by atoms with van der Waals surface area (Å²) in [6.45, 7) is 0. The fourth-order valence-electron chi connectivity index (χ4n) is 1.81. The van der Waals surface area contributed by atoms with Crippen LogP contribution in [0.25, 0.3) is 17.1 Å². The van der Waals surface area contributed by atoms with Crippen LogP contribution in [-0.4, -0.2) is 9.78 Å². The summed E-state index contributed by atoms with van der Waals surface area (Å²) in [5.41, 5.74) is 6.67. The van der Waals surface area contributed by atoms with Crippen LogP contribution in [0, 0.1) is 11.6 Å². The van der Waals surface area contributed by atoms with Crippen LogP contribution >= 0.6 is 15.9 Å². The van der Waals surface area contributed by atoms with Gasteiger partial charge in [0.2, 0.25) is 0 Å². The fourth-order valence-corrected chi connectivity index (χ4v) is 2.12. The van der Waals surface area contributed by atoms with Gasteiger partial charge in [-0.3, -0.25) is 0 Å².